The van der Waals surface area contributed by atoms with Gasteiger partial charge in [-0.15, -0.1) is 0 Å². The van der Waals surface area contributed by atoms with E-state index in [0.29, 0.717) is 6.54 Å². The van der Waals surface area contributed by atoms with Crippen LogP contribution in [0.1, 0.15) is 43.4 Å². The maximum atomic E-state index is 5.73. The fourth-order valence-electron chi connectivity index (χ4n) is 2.51. The second-order valence-electron chi connectivity index (χ2n) is 4.86. The summed E-state index contributed by atoms with van der Waals surface area (Å²) in [7, 11) is 0. The van der Waals surface area contributed by atoms with Crippen LogP contribution in [0.3, 0.4) is 0 Å². The fraction of sp³-hybridized carbons (Fsp3) is 0.643. The second-order valence-corrected chi connectivity index (χ2v) is 4.86. The Balaban J connectivity index is 1.97. The number of hydrogen-bond donors (Lipinski definition) is 1. The van der Waals surface area contributed by atoms with Crippen LogP contribution in [-0.4, -0.2) is 23.0 Å². The first-order chi connectivity index (χ1) is 8.40. The Bertz CT molecular complexity index is 330. The number of hydrogen-bond acceptors (Lipinski definition) is 3. The van der Waals surface area contributed by atoms with Crippen molar-refractivity contribution in [3.05, 3.63) is 29.6 Å². The summed E-state index contributed by atoms with van der Waals surface area (Å²) in [5.74, 6) is 0. The smallest absolute Gasteiger partial charge is 0.0584 e. The third-order valence-electron chi connectivity index (χ3n) is 3.52. The van der Waals surface area contributed by atoms with Crippen LogP contribution in [0, 0.1) is 0 Å². The molecule has 2 rings (SSSR count). The van der Waals surface area contributed by atoms with Crippen molar-refractivity contribution in [2.24, 2.45) is 5.73 Å². The zero-order valence-corrected chi connectivity index (χ0v) is 10.6. The maximum Gasteiger partial charge on any atom is 0.0584 e. The quantitative estimate of drug-likeness (QED) is 0.871. The van der Waals surface area contributed by atoms with Gasteiger partial charge < -0.3 is 5.73 Å². The fourth-order valence-corrected chi connectivity index (χ4v) is 2.51. The summed E-state index contributed by atoms with van der Waals surface area (Å²) < 4.78 is 0. The average Bonchev–Trinajstić information content (AvgIpc) is 2.33. The van der Waals surface area contributed by atoms with Crippen LogP contribution in [0.4, 0.5) is 0 Å². The molecule has 1 aromatic rings. The van der Waals surface area contributed by atoms with Gasteiger partial charge in [-0.05, 0) is 37.6 Å². The molecule has 94 valence electrons. The first-order valence-electron chi connectivity index (χ1n) is 6.75. The van der Waals surface area contributed by atoms with Crippen LogP contribution < -0.4 is 5.73 Å². The van der Waals surface area contributed by atoms with Crippen molar-refractivity contribution in [2.45, 2.75) is 45.2 Å². The SMILES string of the molecule is NCc1ncccc1CN1CCCCCCC1. The standard InChI is InChI=1S/C14H23N3/c15-11-14-13(7-6-8-16-14)12-17-9-4-2-1-3-5-10-17/h6-8H,1-5,9-12,15H2. The van der Waals surface area contributed by atoms with Crippen molar-refractivity contribution < 1.29 is 0 Å². The van der Waals surface area contributed by atoms with Crippen LogP contribution >= 0.6 is 0 Å². The first-order valence-corrected chi connectivity index (χ1v) is 6.75. The van der Waals surface area contributed by atoms with Crippen molar-refractivity contribution in [2.75, 3.05) is 13.1 Å². The van der Waals surface area contributed by atoms with Crippen LogP contribution in [0.25, 0.3) is 0 Å². The molecule has 0 unspecified atom stereocenters. The highest BCUT2D eigenvalue weighted by molar-refractivity contribution is 5.19. The first kappa shape index (κ1) is 12.5. The monoisotopic (exact) mass is 233 g/mol. The summed E-state index contributed by atoms with van der Waals surface area (Å²) in [6.45, 7) is 4.00. The summed E-state index contributed by atoms with van der Waals surface area (Å²) in [6, 6.07) is 4.17. The van der Waals surface area contributed by atoms with Crippen molar-refractivity contribution in [1.82, 2.24) is 9.88 Å². The minimum Gasteiger partial charge on any atom is -0.325 e. The number of aromatic nitrogens is 1. The molecule has 1 aliphatic heterocycles. The van der Waals surface area contributed by atoms with Crippen LogP contribution in [0.2, 0.25) is 0 Å². The lowest BCUT2D eigenvalue weighted by atomic mass is 10.1. The van der Waals surface area contributed by atoms with E-state index in [1.807, 2.05) is 12.3 Å². The Kier molecular flexibility index (Phi) is 4.95. The van der Waals surface area contributed by atoms with Gasteiger partial charge in [0.1, 0.15) is 0 Å². The van der Waals surface area contributed by atoms with Gasteiger partial charge in [-0.3, -0.25) is 9.88 Å². The zero-order chi connectivity index (χ0) is 11.9. The molecule has 0 aromatic carbocycles. The summed E-state index contributed by atoms with van der Waals surface area (Å²) in [5, 5.41) is 0. The van der Waals surface area contributed by atoms with Crippen molar-refractivity contribution in [1.29, 1.82) is 0 Å². The van der Waals surface area contributed by atoms with E-state index in [4.69, 9.17) is 5.73 Å². The number of rotatable bonds is 3. The van der Waals surface area contributed by atoms with Gasteiger partial charge in [0.05, 0.1) is 5.69 Å². The molecule has 0 aliphatic carbocycles. The lowest BCUT2D eigenvalue weighted by Crippen LogP contribution is -2.27. The Hall–Kier alpha value is -0.930. The summed E-state index contributed by atoms with van der Waals surface area (Å²) in [4.78, 5) is 6.90. The normalized spacial score (nSPS) is 18.6. The molecular weight excluding hydrogens is 210 g/mol. The summed E-state index contributed by atoms with van der Waals surface area (Å²) in [5.41, 5.74) is 8.08. The van der Waals surface area contributed by atoms with Crippen molar-refractivity contribution in [3.8, 4) is 0 Å². The number of pyridine rings is 1. The molecule has 3 heteroatoms. The predicted molar refractivity (Wildman–Crippen MR) is 70.5 cm³/mol. The minimum absolute atomic E-state index is 0.546. The average molecular weight is 233 g/mol. The van der Waals surface area contributed by atoms with E-state index in [1.165, 1.54) is 50.8 Å². The van der Waals surface area contributed by atoms with E-state index in [-0.39, 0.29) is 0 Å². The van der Waals surface area contributed by atoms with Crippen molar-refractivity contribution >= 4 is 0 Å². The second kappa shape index (κ2) is 6.72. The largest absolute Gasteiger partial charge is 0.325 e. The lowest BCUT2D eigenvalue weighted by Gasteiger charge is -2.25. The molecule has 17 heavy (non-hydrogen) atoms. The highest BCUT2D eigenvalue weighted by Crippen LogP contribution is 2.14. The van der Waals surface area contributed by atoms with Gasteiger partial charge in [-0.25, -0.2) is 0 Å². The van der Waals surface area contributed by atoms with Crippen molar-refractivity contribution in [3.63, 3.8) is 0 Å². The molecule has 2 heterocycles. The molecule has 2 N–H and O–H groups in total. The van der Waals surface area contributed by atoms with Gasteiger partial charge in [0.25, 0.3) is 0 Å². The van der Waals surface area contributed by atoms with Gasteiger partial charge in [-0.2, -0.15) is 0 Å². The molecule has 0 radical (unpaired) electrons. The molecule has 0 atom stereocenters. The van der Waals surface area contributed by atoms with E-state index in [9.17, 15) is 0 Å². The Labute approximate surface area is 104 Å². The molecule has 1 aliphatic rings. The number of nitrogens with two attached hydrogens (primary N) is 1. The number of nitrogens with zero attached hydrogens (tertiary/aromatic N) is 2. The van der Waals surface area contributed by atoms with E-state index >= 15 is 0 Å². The van der Waals surface area contributed by atoms with Gasteiger partial charge in [0.2, 0.25) is 0 Å². The third-order valence-corrected chi connectivity index (χ3v) is 3.52. The molecule has 3 nitrogen and oxygen atoms in total. The highest BCUT2D eigenvalue weighted by Gasteiger charge is 2.10. The number of likely N-dealkylation sites (tertiary alicyclic amines) is 1. The van der Waals surface area contributed by atoms with Crippen LogP contribution in [0.15, 0.2) is 18.3 Å². The van der Waals surface area contributed by atoms with E-state index in [2.05, 4.69) is 16.0 Å². The molecule has 1 aromatic heterocycles. The van der Waals surface area contributed by atoms with E-state index < -0.39 is 0 Å². The van der Waals surface area contributed by atoms with Crippen LogP contribution in [0.5, 0.6) is 0 Å². The van der Waals surface area contributed by atoms with Gasteiger partial charge in [0, 0.05) is 19.3 Å². The van der Waals surface area contributed by atoms with E-state index in [0.717, 1.165) is 12.2 Å². The predicted octanol–water partition coefficient (Wildman–Crippen LogP) is 2.31. The summed E-state index contributed by atoms with van der Waals surface area (Å²) in [6.07, 6.45) is 8.67. The maximum absolute atomic E-state index is 5.73. The lowest BCUT2D eigenvalue weighted by molar-refractivity contribution is 0.239. The van der Waals surface area contributed by atoms with Gasteiger partial charge in [-0.1, -0.05) is 25.3 Å². The van der Waals surface area contributed by atoms with E-state index in [1.54, 1.807) is 0 Å². The molecule has 0 amide bonds. The summed E-state index contributed by atoms with van der Waals surface area (Å²) >= 11 is 0. The molecule has 0 saturated carbocycles. The molecule has 0 bridgehead atoms. The van der Waals surface area contributed by atoms with Crippen LogP contribution in [-0.2, 0) is 13.1 Å². The topological polar surface area (TPSA) is 42.1 Å². The molecular formula is C14H23N3. The van der Waals surface area contributed by atoms with Gasteiger partial charge >= 0.3 is 0 Å². The Morgan fingerprint density at radius 3 is 2.53 bits per heavy atom. The highest BCUT2D eigenvalue weighted by atomic mass is 15.1. The minimum atomic E-state index is 0.546. The van der Waals surface area contributed by atoms with Gasteiger partial charge in [0.15, 0.2) is 0 Å². The molecule has 1 fully saturated rings. The Morgan fingerprint density at radius 2 is 1.82 bits per heavy atom. The zero-order valence-electron chi connectivity index (χ0n) is 10.6. The molecule has 1 saturated heterocycles. The molecule has 0 spiro atoms. The third kappa shape index (κ3) is 3.79. The Morgan fingerprint density at radius 1 is 1.12 bits per heavy atom.